The lowest BCUT2D eigenvalue weighted by Crippen LogP contribution is -2.37. The van der Waals surface area contributed by atoms with Crippen LogP contribution in [0.25, 0.3) is 0 Å². The second-order valence-electron chi connectivity index (χ2n) is 6.76. The molecule has 3 aromatic carbocycles. The SMILES string of the molecule is COc1ccc(C2(CC(O)c3ccccc3)C(=O)Nc3ccccc32)cc1. The molecule has 0 fully saturated rings. The molecule has 4 nitrogen and oxygen atoms in total. The first-order valence-corrected chi connectivity index (χ1v) is 8.93. The Labute approximate surface area is 158 Å². The summed E-state index contributed by atoms with van der Waals surface area (Å²) in [5, 5.41) is 13.9. The summed E-state index contributed by atoms with van der Waals surface area (Å²) in [6.07, 6.45) is -0.517. The van der Waals surface area contributed by atoms with E-state index in [1.807, 2.05) is 78.9 Å². The number of hydrogen-bond donors (Lipinski definition) is 2. The molecular formula is C23H21NO3. The number of nitrogens with one attached hydrogen (secondary N) is 1. The van der Waals surface area contributed by atoms with Crippen molar-refractivity contribution in [1.82, 2.24) is 0 Å². The highest BCUT2D eigenvalue weighted by Gasteiger charge is 2.49. The fourth-order valence-corrected chi connectivity index (χ4v) is 3.88. The normalized spacial score (nSPS) is 19.3. The predicted molar refractivity (Wildman–Crippen MR) is 105 cm³/mol. The van der Waals surface area contributed by atoms with Crippen LogP contribution in [0.3, 0.4) is 0 Å². The molecule has 2 unspecified atom stereocenters. The predicted octanol–water partition coefficient (Wildman–Crippen LogP) is 4.06. The van der Waals surface area contributed by atoms with Gasteiger partial charge in [0, 0.05) is 12.1 Å². The van der Waals surface area contributed by atoms with E-state index in [9.17, 15) is 9.90 Å². The molecule has 3 aromatic rings. The maximum atomic E-state index is 13.2. The number of hydrogen-bond acceptors (Lipinski definition) is 3. The van der Waals surface area contributed by atoms with Crippen molar-refractivity contribution >= 4 is 11.6 Å². The van der Waals surface area contributed by atoms with Crippen molar-refractivity contribution in [1.29, 1.82) is 0 Å². The van der Waals surface area contributed by atoms with Gasteiger partial charge in [-0.15, -0.1) is 0 Å². The van der Waals surface area contributed by atoms with Crippen LogP contribution in [-0.2, 0) is 10.2 Å². The summed E-state index contributed by atoms with van der Waals surface area (Å²) < 4.78 is 5.26. The molecule has 0 radical (unpaired) electrons. The lowest BCUT2D eigenvalue weighted by Gasteiger charge is -2.31. The van der Waals surface area contributed by atoms with E-state index in [1.54, 1.807) is 7.11 Å². The third kappa shape index (κ3) is 2.88. The number of amides is 1. The Hall–Kier alpha value is -3.11. The Morgan fingerprint density at radius 2 is 1.63 bits per heavy atom. The topological polar surface area (TPSA) is 58.6 Å². The van der Waals surface area contributed by atoms with Crippen molar-refractivity contribution in [2.24, 2.45) is 0 Å². The number of ether oxygens (including phenoxy) is 1. The number of benzene rings is 3. The first-order chi connectivity index (χ1) is 13.1. The van der Waals surface area contributed by atoms with Gasteiger partial charge in [0.15, 0.2) is 0 Å². The van der Waals surface area contributed by atoms with Gasteiger partial charge in [-0.3, -0.25) is 4.79 Å². The van der Waals surface area contributed by atoms with E-state index in [2.05, 4.69) is 5.32 Å². The maximum Gasteiger partial charge on any atom is 0.239 e. The molecule has 0 bridgehead atoms. The molecule has 0 spiro atoms. The molecule has 0 saturated heterocycles. The minimum absolute atomic E-state index is 0.121. The summed E-state index contributed by atoms with van der Waals surface area (Å²) in [5.41, 5.74) is 2.34. The fourth-order valence-electron chi connectivity index (χ4n) is 3.88. The van der Waals surface area contributed by atoms with Crippen LogP contribution in [-0.4, -0.2) is 18.1 Å². The minimum Gasteiger partial charge on any atom is -0.497 e. The van der Waals surface area contributed by atoms with E-state index in [0.29, 0.717) is 0 Å². The Morgan fingerprint density at radius 1 is 0.963 bits per heavy atom. The second-order valence-corrected chi connectivity index (χ2v) is 6.76. The molecule has 4 heteroatoms. The highest BCUT2D eigenvalue weighted by atomic mass is 16.5. The van der Waals surface area contributed by atoms with Crippen LogP contribution in [0.1, 0.15) is 29.2 Å². The zero-order valence-corrected chi connectivity index (χ0v) is 15.1. The van der Waals surface area contributed by atoms with Gasteiger partial charge in [-0.25, -0.2) is 0 Å². The number of carbonyl (C=O) groups excluding carboxylic acids is 1. The standard InChI is InChI=1S/C23H21NO3/c1-27-18-13-11-17(12-14-18)23(15-21(25)16-7-3-2-4-8-16)19-9-5-6-10-20(19)24-22(23)26/h2-14,21,25H,15H2,1H3,(H,24,26). The van der Waals surface area contributed by atoms with E-state index < -0.39 is 11.5 Å². The maximum absolute atomic E-state index is 13.2. The minimum atomic E-state index is -0.960. The summed E-state index contributed by atoms with van der Waals surface area (Å²) in [6, 6.07) is 24.6. The van der Waals surface area contributed by atoms with E-state index >= 15 is 0 Å². The van der Waals surface area contributed by atoms with Crippen molar-refractivity contribution in [2.45, 2.75) is 17.9 Å². The van der Waals surface area contributed by atoms with Crippen LogP contribution in [0.2, 0.25) is 0 Å². The van der Waals surface area contributed by atoms with E-state index in [1.165, 1.54) is 0 Å². The van der Waals surface area contributed by atoms with Gasteiger partial charge in [0.25, 0.3) is 0 Å². The van der Waals surface area contributed by atoms with Crippen LogP contribution in [0.15, 0.2) is 78.9 Å². The molecule has 0 saturated carbocycles. The summed E-state index contributed by atoms with van der Waals surface area (Å²) in [5.74, 6) is 0.605. The van der Waals surface area contributed by atoms with Gasteiger partial charge in [0.2, 0.25) is 5.91 Å². The number of carbonyl (C=O) groups is 1. The summed E-state index contributed by atoms with van der Waals surface area (Å²) in [4.78, 5) is 13.2. The van der Waals surface area contributed by atoms with Crippen LogP contribution in [0.5, 0.6) is 5.75 Å². The van der Waals surface area contributed by atoms with Gasteiger partial charge in [0.05, 0.1) is 13.2 Å². The van der Waals surface area contributed by atoms with Crippen LogP contribution < -0.4 is 10.1 Å². The molecule has 1 amide bonds. The molecule has 0 aliphatic carbocycles. The Kier molecular flexibility index (Phi) is 4.42. The number of aliphatic hydroxyl groups excluding tert-OH is 1. The Morgan fingerprint density at radius 3 is 2.33 bits per heavy atom. The molecule has 1 heterocycles. The largest absolute Gasteiger partial charge is 0.497 e. The van der Waals surface area contributed by atoms with Gasteiger partial charge in [-0.05, 0) is 34.9 Å². The molecular weight excluding hydrogens is 338 g/mol. The van der Waals surface area contributed by atoms with Crippen molar-refractivity contribution in [2.75, 3.05) is 12.4 Å². The third-order valence-corrected chi connectivity index (χ3v) is 5.29. The fraction of sp³-hybridized carbons (Fsp3) is 0.174. The number of para-hydroxylation sites is 1. The summed E-state index contributed by atoms with van der Waals surface area (Å²) in [6.45, 7) is 0. The molecule has 136 valence electrons. The smallest absolute Gasteiger partial charge is 0.239 e. The number of rotatable bonds is 5. The summed E-state index contributed by atoms with van der Waals surface area (Å²) >= 11 is 0. The van der Waals surface area contributed by atoms with E-state index in [-0.39, 0.29) is 12.3 Å². The lowest BCUT2D eigenvalue weighted by molar-refractivity contribution is -0.120. The highest BCUT2D eigenvalue weighted by Crippen LogP contribution is 2.48. The molecule has 0 aromatic heterocycles. The van der Waals surface area contributed by atoms with Crippen LogP contribution in [0.4, 0.5) is 5.69 Å². The molecule has 2 N–H and O–H groups in total. The zero-order valence-electron chi connectivity index (χ0n) is 15.1. The van der Waals surface area contributed by atoms with Gasteiger partial charge in [-0.2, -0.15) is 0 Å². The van der Waals surface area contributed by atoms with Crippen molar-refractivity contribution < 1.29 is 14.6 Å². The Balaban J connectivity index is 1.84. The first kappa shape index (κ1) is 17.3. The highest BCUT2D eigenvalue weighted by molar-refractivity contribution is 6.08. The zero-order chi connectivity index (χ0) is 18.9. The Bertz CT molecular complexity index is 953. The molecule has 27 heavy (non-hydrogen) atoms. The van der Waals surface area contributed by atoms with Crippen LogP contribution >= 0.6 is 0 Å². The first-order valence-electron chi connectivity index (χ1n) is 8.93. The summed E-state index contributed by atoms with van der Waals surface area (Å²) in [7, 11) is 1.61. The van der Waals surface area contributed by atoms with E-state index in [4.69, 9.17) is 4.74 Å². The number of aliphatic hydroxyl groups is 1. The molecule has 1 aliphatic rings. The van der Waals surface area contributed by atoms with Crippen molar-refractivity contribution in [3.63, 3.8) is 0 Å². The van der Waals surface area contributed by atoms with Gasteiger partial charge < -0.3 is 15.2 Å². The molecule has 4 rings (SSSR count). The second kappa shape index (κ2) is 6.89. The quantitative estimate of drug-likeness (QED) is 0.722. The third-order valence-electron chi connectivity index (χ3n) is 5.29. The average molecular weight is 359 g/mol. The molecule has 1 aliphatic heterocycles. The van der Waals surface area contributed by atoms with Crippen LogP contribution in [0, 0.1) is 0 Å². The number of anilines is 1. The lowest BCUT2D eigenvalue weighted by atomic mass is 9.71. The van der Waals surface area contributed by atoms with E-state index in [0.717, 1.165) is 28.1 Å². The van der Waals surface area contributed by atoms with Gasteiger partial charge in [-0.1, -0.05) is 60.7 Å². The average Bonchev–Trinajstić information content (AvgIpc) is 3.01. The molecule has 2 atom stereocenters. The number of fused-ring (bicyclic) bond motifs is 1. The van der Waals surface area contributed by atoms with Crippen molar-refractivity contribution in [3.8, 4) is 5.75 Å². The van der Waals surface area contributed by atoms with Gasteiger partial charge >= 0.3 is 0 Å². The monoisotopic (exact) mass is 359 g/mol. The number of methoxy groups -OCH3 is 1. The van der Waals surface area contributed by atoms with Gasteiger partial charge in [0.1, 0.15) is 11.2 Å². The van der Waals surface area contributed by atoms with Crippen molar-refractivity contribution in [3.05, 3.63) is 95.6 Å².